The molecule has 1 atom stereocenters. The third-order valence-corrected chi connectivity index (χ3v) is 2.75. The van der Waals surface area contributed by atoms with E-state index in [2.05, 4.69) is 29.6 Å². The van der Waals surface area contributed by atoms with Crippen LogP contribution in [0.1, 0.15) is 26.7 Å². The van der Waals surface area contributed by atoms with E-state index in [1.54, 1.807) is 6.07 Å². The van der Waals surface area contributed by atoms with Gasteiger partial charge in [0.2, 0.25) is 0 Å². The molecular weight excluding hydrogens is 247 g/mol. The Morgan fingerprint density at radius 3 is 2.56 bits per heavy atom. The highest BCUT2D eigenvalue weighted by molar-refractivity contribution is 6.37. The molecule has 0 fully saturated rings. The average molecular weight is 263 g/mol. The van der Waals surface area contributed by atoms with Gasteiger partial charge in [0.05, 0.1) is 10.0 Å². The molecule has 4 N–H and O–H groups in total. The molecule has 0 saturated carbocycles. The first-order valence-electron chi connectivity index (χ1n) is 5.17. The second kappa shape index (κ2) is 6.13. The molecule has 0 spiro atoms. The summed E-state index contributed by atoms with van der Waals surface area (Å²) in [6, 6.07) is 1.92. The van der Waals surface area contributed by atoms with Gasteiger partial charge in [-0.3, -0.25) is 0 Å². The predicted molar refractivity (Wildman–Crippen MR) is 70.1 cm³/mol. The van der Waals surface area contributed by atoms with E-state index in [-0.39, 0.29) is 0 Å². The molecule has 1 heterocycles. The van der Waals surface area contributed by atoms with Crippen LogP contribution < -0.4 is 16.6 Å². The summed E-state index contributed by atoms with van der Waals surface area (Å²) < 4.78 is 0. The molecule has 0 radical (unpaired) electrons. The number of rotatable bonds is 5. The molecule has 1 aromatic rings. The Labute approximate surface area is 105 Å². The molecule has 0 aromatic carbocycles. The van der Waals surface area contributed by atoms with E-state index in [9.17, 15) is 0 Å². The maximum absolute atomic E-state index is 6.02. The van der Waals surface area contributed by atoms with Crippen molar-refractivity contribution in [1.82, 2.24) is 4.98 Å². The SMILES string of the molecule is CCCC(C)Nc1nc(NN)c(Cl)cc1Cl. The Bertz CT molecular complexity index is 357. The van der Waals surface area contributed by atoms with Gasteiger partial charge in [-0.25, -0.2) is 10.8 Å². The predicted octanol–water partition coefficient (Wildman–Crippen LogP) is 3.27. The largest absolute Gasteiger partial charge is 0.366 e. The van der Waals surface area contributed by atoms with E-state index < -0.39 is 0 Å². The lowest BCUT2D eigenvalue weighted by Gasteiger charge is -2.15. The van der Waals surface area contributed by atoms with Crippen LogP contribution in [-0.4, -0.2) is 11.0 Å². The number of hydrogen-bond acceptors (Lipinski definition) is 4. The van der Waals surface area contributed by atoms with Crippen molar-refractivity contribution < 1.29 is 0 Å². The smallest absolute Gasteiger partial charge is 0.161 e. The summed E-state index contributed by atoms with van der Waals surface area (Å²) in [7, 11) is 0. The lowest BCUT2D eigenvalue weighted by atomic mass is 10.2. The zero-order valence-corrected chi connectivity index (χ0v) is 10.9. The van der Waals surface area contributed by atoms with Crippen molar-refractivity contribution in [2.75, 3.05) is 10.7 Å². The fourth-order valence-electron chi connectivity index (χ4n) is 1.41. The molecule has 6 heteroatoms. The number of halogens is 2. The maximum atomic E-state index is 6.02. The standard InChI is InChI=1S/C10H16Cl2N4/c1-3-4-6(2)14-9-7(11)5-8(12)10(15-9)16-13/h5-6H,3-4,13H2,1-2H3,(H2,14,15,16). The molecule has 16 heavy (non-hydrogen) atoms. The summed E-state index contributed by atoms with van der Waals surface area (Å²) >= 11 is 11.9. The van der Waals surface area contributed by atoms with Crippen molar-refractivity contribution in [2.45, 2.75) is 32.7 Å². The summed E-state index contributed by atoms with van der Waals surface area (Å²) in [5, 5.41) is 4.11. The number of pyridine rings is 1. The average Bonchev–Trinajstić information content (AvgIpc) is 2.22. The molecule has 1 rings (SSSR count). The zero-order valence-electron chi connectivity index (χ0n) is 9.35. The van der Waals surface area contributed by atoms with Crippen molar-refractivity contribution in [1.29, 1.82) is 0 Å². The molecule has 0 amide bonds. The Hall–Kier alpha value is -0.710. The highest BCUT2D eigenvalue weighted by Crippen LogP contribution is 2.29. The van der Waals surface area contributed by atoms with E-state index in [0.717, 1.165) is 12.8 Å². The Morgan fingerprint density at radius 2 is 2.00 bits per heavy atom. The van der Waals surface area contributed by atoms with E-state index in [0.29, 0.717) is 27.7 Å². The quantitative estimate of drug-likeness (QED) is 0.563. The van der Waals surface area contributed by atoms with E-state index >= 15 is 0 Å². The topological polar surface area (TPSA) is 63.0 Å². The molecule has 1 aromatic heterocycles. The van der Waals surface area contributed by atoms with Crippen LogP contribution in [0.25, 0.3) is 0 Å². The number of aromatic nitrogens is 1. The molecule has 1 unspecified atom stereocenters. The highest BCUT2D eigenvalue weighted by atomic mass is 35.5. The van der Waals surface area contributed by atoms with Crippen molar-refractivity contribution >= 4 is 34.8 Å². The van der Waals surface area contributed by atoms with Gasteiger partial charge in [0.15, 0.2) is 5.82 Å². The van der Waals surface area contributed by atoms with Gasteiger partial charge in [-0.2, -0.15) is 0 Å². The van der Waals surface area contributed by atoms with Crippen molar-refractivity contribution in [3.05, 3.63) is 16.1 Å². The van der Waals surface area contributed by atoms with Crippen LogP contribution in [0.5, 0.6) is 0 Å². The first-order chi connectivity index (χ1) is 7.58. The van der Waals surface area contributed by atoms with Crippen molar-refractivity contribution in [3.8, 4) is 0 Å². The van der Waals surface area contributed by atoms with Gasteiger partial charge >= 0.3 is 0 Å². The molecule has 0 aliphatic heterocycles. The number of nitrogens with two attached hydrogens (primary N) is 1. The number of hydrogen-bond donors (Lipinski definition) is 3. The first kappa shape index (κ1) is 13.4. The number of anilines is 2. The van der Waals surface area contributed by atoms with Gasteiger partial charge in [0, 0.05) is 6.04 Å². The Kier molecular flexibility index (Phi) is 5.12. The number of hydrazine groups is 1. The van der Waals surface area contributed by atoms with E-state index in [1.807, 2.05) is 0 Å². The van der Waals surface area contributed by atoms with Crippen LogP contribution in [0.4, 0.5) is 11.6 Å². The van der Waals surface area contributed by atoms with Crippen LogP contribution in [0.3, 0.4) is 0 Å². The van der Waals surface area contributed by atoms with Crippen LogP contribution in [0, 0.1) is 0 Å². The molecule has 0 aliphatic carbocycles. The highest BCUT2D eigenvalue weighted by Gasteiger charge is 2.10. The van der Waals surface area contributed by atoms with Gasteiger partial charge in [-0.15, -0.1) is 0 Å². The first-order valence-corrected chi connectivity index (χ1v) is 5.93. The van der Waals surface area contributed by atoms with E-state index in [1.165, 1.54) is 0 Å². The minimum Gasteiger partial charge on any atom is -0.366 e. The maximum Gasteiger partial charge on any atom is 0.161 e. The van der Waals surface area contributed by atoms with Gasteiger partial charge in [-0.05, 0) is 19.4 Å². The minimum absolute atomic E-state index is 0.307. The lowest BCUT2D eigenvalue weighted by Crippen LogP contribution is -2.17. The Morgan fingerprint density at radius 1 is 1.38 bits per heavy atom. The molecule has 0 bridgehead atoms. The van der Waals surface area contributed by atoms with Gasteiger partial charge in [0.25, 0.3) is 0 Å². The summed E-state index contributed by atoms with van der Waals surface area (Å²) in [6.45, 7) is 4.20. The molecule has 0 aliphatic rings. The third kappa shape index (κ3) is 3.40. The molecule has 0 saturated heterocycles. The van der Waals surface area contributed by atoms with Crippen LogP contribution in [0.15, 0.2) is 6.07 Å². The minimum atomic E-state index is 0.307. The number of nitrogen functional groups attached to an aromatic ring is 1. The second-order valence-corrected chi connectivity index (χ2v) is 4.44. The summed E-state index contributed by atoms with van der Waals surface area (Å²) in [5.74, 6) is 6.30. The van der Waals surface area contributed by atoms with Crippen molar-refractivity contribution in [3.63, 3.8) is 0 Å². The molecular formula is C10H16Cl2N4. The van der Waals surface area contributed by atoms with Gasteiger partial charge in [-0.1, -0.05) is 36.5 Å². The van der Waals surface area contributed by atoms with Crippen LogP contribution in [-0.2, 0) is 0 Å². The summed E-state index contributed by atoms with van der Waals surface area (Å²) in [4.78, 5) is 4.20. The zero-order chi connectivity index (χ0) is 12.1. The Balaban J connectivity index is 2.87. The molecule has 4 nitrogen and oxygen atoms in total. The van der Waals surface area contributed by atoms with Crippen LogP contribution >= 0.6 is 23.2 Å². The van der Waals surface area contributed by atoms with Gasteiger partial charge in [0.1, 0.15) is 5.82 Å². The van der Waals surface area contributed by atoms with Crippen molar-refractivity contribution in [2.24, 2.45) is 5.84 Å². The summed E-state index contributed by atoms with van der Waals surface area (Å²) in [6.07, 6.45) is 2.15. The lowest BCUT2D eigenvalue weighted by molar-refractivity contribution is 0.687. The fraction of sp³-hybridized carbons (Fsp3) is 0.500. The van der Waals surface area contributed by atoms with E-state index in [4.69, 9.17) is 29.0 Å². The monoisotopic (exact) mass is 262 g/mol. The second-order valence-electron chi connectivity index (χ2n) is 3.63. The van der Waals surface area contributed by atoms with Crippen LogP contribution in [0.2, 0.25) is 10.0 Å². The normalized spacial score (nSPS) is 12.3. The number of nitrogens with one attached hydrogen (secondary N) is 2. The summed E-state index contributed by atoms with van der Waals surface area (Å²) in [5.41, 5.74) is 2.43. The molecule has 90 valence electrons. The van der Waals surface area contributed by atoms with Gasteiger partial charge < -0.3 is 10.7 Å². The number of nitrogens with zero attached hydrogens (tertiary/aromatic N) is 1. The third-order valence-electron chi connectivity index (χ3n) is 2.17. The fourth-order valence-corrected chi connectivity index (χ4v) is 1.88.